The molecule has 1 heterocycles. The number of methoxy groups -OCH3 is 1. The van der Waals surface area contributed by atoms with E-state index >= 15 is 0 Å². The van der Waals surface area contributed by atoms with Crippen LogP contribution >= 0.6 is 0 Å². The van der Waals surface area contributed by atoms with Crippen LogP contribution in [0.5, 0.6) is 0 Å². The highest BCUT2D eigenvalue weighted by Gasteiger charge is 2.48. The Hall–Kier alpha value is -3.07. The lowest BCUT2D eigenvalue weighted by Gasteiger charge is -2.44. The fraction of sp³-hybridized carbons (Fsp3) is 0.367. The van der Waals surface area contributed by atoms with Crippen molar-refractivity contribution in [1.82, 2.24) is 0 Å². The first-order valence-corrected chi connectivity index (χ1v) is 12.4. The normalized spacial score (nSPS) is 23.5. The number of rotatable bonds is 12. The molecule has 3 aromatic carbocycles. The molecule has 0 aliphatic carbocycles. The van der Waals surface area contributed by atoms with Crippen molar-refractivity contribution in [3.05, 3.63) is 108 Å². The molecule has 1 fully saturated rings. The van der Waals surface area contributed by atoms with Crippen LogP contribution in [0.15, 0.2) is 91.0 Å². The van der Waals surface area contributed by atoms with Gasteiger partial charge < -0.3 is 28.4 Å². The van der Waals surface area contributed by atoms with E-state index in [-0.39, 0.29) is 13.2 Å². The lowest BCUT2D eigenvalue weighted by Crippen LogP contribution is -2.60. The first-order chi connectivity index (χ1) is 18.1. The number of esters is 1. The maximum absolute atomic E-state index is 12.4. The van der Waals surface area contributed by atoms with E-state index in [0.29, 0.717) is 13.2 Å². The van der Waals surface area contributed by atoms with E-state index in [1.54, 1.807) is 0 Å². The van der Waals surface area contributed by atoms with Crippen LogP contribution in [-0.4, -0.2) is 50.4 Å². The van der Waals surface area contributed by atoms with E-state index in [1.807, 2.05) is 97.9 Å². The Kier molecular flexibility index (Phi) is 10.2. The lowest BCUT2D eigenvalue weighted by molar-refractivity contribution is -0.312. The molecule has 3 aromatic rings. The molecule has 0 amide bonds. The van der Waals surface area contributed by atoms with Crippen LogP contribution in [0, 0.1) is 0 Å². The number of carbonyl (C=O) groups excluding carboxylic acids is 1. The number of benzene rings is 3. The van der Waals surface area contributed by atoms with Gasteiger partial charge in [-0.2, -0.15) is 0 Å². The summed E-state index contributed by atoms with van der Waals surface area (Å²) in [5.41, 5.74) is 3.02. The van der Waals surface area contributed by atoms with Gasteiger partial charge in [-0.1, -0.05) is 91.0 Å². The zero-order chi connectivity index (χ0) is 25.9. The van der Waals surface area contributed by atoms with E-state index in [0.717, 1.165) is 16.7 Å². The molecule has 4 rings (SSSR count). The molecule has 7 nitrogen and oxygen atoms in total. The molecule has 0 aromatic heterocycles. The van der Waals surface area contributed by atoms with Gasteiger partial charge in [0.1, 0.15) is 24.9 Å². The summed E-state index contributed by atoms with van der Waals surface area (Å²) >= 11 is 0. The molecule has 1 saturated heterocycles. The highest BCUT2D eigenvalue weighted by Crippen LogP contribution is 2.31. The second-order valence-electron chi connectivity index (χ2n) is 8.92. The minimum atomic E-state index is -0.987. The van der Waals surface area contributed by atoms with Gasteiger partial charge in [-0.3, -0.25) is 0 Å². The van der Waals surface area contributed by atoms with Gasteiger partial charge in [0, 0.05) is 7.11 Å². The van der Waals surface area contributed by atoms with E-state index in [9.17, 15) is 4.79 Å². The number of hydrogen-bond donors (Lipinski definition) is 0. The average molecular weight is 507 g/mol. The predicted molar refractivity (Wildman–Crippen MR) is 137 cm³/mol. The number of carbonyl (C=O) groups is 1. The fourth-order valence-corrected chi connectivity index (χ4v) is 4.25. The zero-order valence-electron chi connectivity index (χ0n) is 21.2. The van der Waals surface area contributed by atoms with Crippen molar-refractivity contribution >= 4 is 5.97 Å². The summed E-state index contributed by atoms with van der Waals surface area (Å²) in [6, 6.07) is 29.6. The monoisotopic (exact) mass is 506 g/mol. The summed E-state index contributed by atoms with van der Waals surface area (Å²) in [5, 5.41) is 0. The minimum Gasteiger partial charge on any atom is -0.431 e. The van der Waals surface area contributed by atoms with E-state index in [1.165, 1.54) is 7.11 Å². The smallest absolute Gasteiger partial charge is 0.334 e. The average Bonchev–Trinajstić information content (AvgIpc) is 2.92. The first kappa shape index (κ1) is 27.0. The Balaban J connectivity index is 1.58. The van der Waals surface area contributed by atoms with Gasteiger partial charge >= 0.3 is 5.97 Å². The van der Waals surface area contributed by atoms with Gasteiger partial charge in [-0.25, -0.2) is 4.79 Å². The van der Waals surface area contributed by atoms with E-state index in [2.05, 4.69) is 0 Å². The van der Waals surface area contributed by atoms with Crippen LogP contribution in [0.2, 0.25) is 0 Å². The number of hydrogen-bond acceptors (Lipinski definition) is 7. The summed E-state index contributed by atoms with van der Waals surface area (Å²) in [6.45, 7) is 2.71. The molecular weight excluding hydrogens is 472 g/mol. The molecule has 1 aliphatic rings. The third-order valence-corrected chi connectivity index (χ3v) is 6.09. The van der Waals surface area contributed by atoms with Crippen LogP contribution in [0.3, 0.4) is 0 Å². The summed E-state index contributed by atoms with van der Waals surface area (Å²) in [7, 11) is 1.44. The predicted octanol–water partition coefficient (Wildman–Crippen LogP) is 4.68. The Morgan fingerprint density at radius 2 is 1.11 bits per heavy atom. The Morgan fingerprint density at radius 3 is 1.57 bits per heavy atom. The maximum Gasteiger partial charge on any atom is 0.334 e. The summed E-state index contributed by atoms with van der Waals surface area (Å²) in [6.07, 6.45) is -3.19. The molecule has 7 heteroatoms. The highest BCUT2D eigenvalue weighted by molar-refractivity contribution is 5.70. The molecule has 1 unspecified atom stereocenters. The molecule has 0 N–H and O–H groups in total. The van der Waals surface area contributed by atoms with Crippen molar-refractivity contribution in [3.63, 3.8) is 0 Å². The molecule has 0 radical (unpaired) electrons. The molecule has 196 valence electrons. The molecule has 1 aliphatic heterocycles. The standard InChI is InChI=1S/C30H34O7/c1-22-27(33-18-23-12-6-3-7-13-23)28(34-19-24-14-8-4-9-15-24)29(30(36-22)37-26(31)21-32-2)35-20-25-16-10-5-11-17-25/h3-17,22,27-30H,18-21H2,1-2H3/t22-,27+,28+,29-,30?/m0/s1. The van der Waals surface area contributed by atoms with Crippen molar-refractivity contribution in [3.8, 4) is 0 Å². The fourth-order valence-electron chi connectivity index (χ4n) is 4.25. The van der Waals surface area contributed by atoms with Crippen LogP contribution in [-0.2, 0) is 53.0 Å². The summed E-state index contributed by atoms with van der Waals surface area (Å²) in [4.78, 5) is 12.4. The number of ether oxygens (including phenoxy) is 6. The van der Waals surface area contributed by atoms with Crippen molar-refractivity contribution in [2.75, 3.05) is 13.7 Å². The molecule has 5 atom stereocenters. The SMILES string of the molecule is COCC(=O)OC1O[C@@H](C)[C@@H](OCc2ccccc2)[C@@H](OCc2ccccc2)[C@@H]1OCc1ccccc1. The zero-order valence-corrected chi connectivity index (χ0v) is 21.2. The van der Waals surface area contributed by atoms with Crippen LogP contribution < -0.4 is 0 Å². The summed E-state index contributed by atoms with van der Waals surface area (Å²) < 4.78 is 35.9. The minimum absolute atomic E-state index is 0.191. The first-order valence-electron chi connectivity index (χ1n) is 12.4. The van der Waals surface area contributed by atoms with Crippen LogP contribution in [0.25, 0.3) is 0 Å². The third-order valence-electron chi connectivity index (χ3n) is 6.09. The third kappa shape index (κ3) is 7.95. The van der Waals surface area contributed by atoms with Gasteiger partial charge in [0.15, 0.2) is 0 Å². The Morgan fingerprint density at radius 1 is 0.676 bits per heavy atom. The van der Waals surface area contributed by atoms with Gasteiger partial charge in [0.05, 0.1) is 25.9 Å². The van der Waals surface area contributed by atoms with Gasteiger partial charge in [-0.15, -0.1) is 0 Å². The van der Waals surface area contributed by atoms with Crippen LogP contribution in [0.1, 0.15) is 23.6 Å². The largest absolute Gasteiger partial charge is 0.431 e. The van der Waals surface area contributed by atoms with Crippen molar-refractivity contribution in [2.45, 2.75) is 57.5 Å². The van der Waals surface area contributed by atoms with Crippen LogP contribution in [0.4, 0.5) is 0 Å². The molecule has 0 saturated carbocycles. The Bertz CT molecular complexity index is 1060. The summed E-state index contributed by atoms with van der Waals surface area (Å²) in [5.74, 6) is -0.543. The van der Waals surface area contributed by atoms with Crippen molar-refractivity contribution in [1.29, 1.82) is 0 Å². The highest BCUT2D eigenvalue weighted by atomic mass is 16.7. The molecular formula is C30H34O7. The Labute approximate surface area is 218 Å². The molecule has 0 spiro atoms. The maximum atomic E-state index is 12.4. The second-order valence-corrected chi connectivity index (χ2v) is 8.92. The van der Waals surface area contributed by atoms with Crippen molar-refractivity contribution in [2.24, 2.45) is 0 Å². The van der Waals surface area contributed by atoms with Crippen molar-refractivity contribution < 1.29 is 33.2 Å². The van der Waals surface area contributed by atoms with Gasteiger partial charge in [0.25, 0.3) is 0 Å². The molecule has 37 heavy (non-hydrogen) atoms. The topological polar surface area (TPSA) is 72.5 Å². The van der Waals surface area contributed by atoms with E-state index in [4.69, 9.17) is 28.4 Å². The molecule has 0 bridgehead atoms. The lowest BCUT2D eigenvalue weighted by atomic mass is 9.98. The quantitative estimate of drug-likeness (QED) is 0.331. The van der Waals surface area contributed by atoms with E-state index < -0.39 is 36.7 Å². The van der Waals surface area contributed by atoms with Gasteiger partial charge in [-0.05, 0) is 23.6 Å². The van der Waals surface area contributed by atoms with Gasteiger partial charge in [0.2, 0.25) is 6.29 Å². The second kappa shape index (κ2) is 14.0.